The minimum absolute atomic E-state index is 0.111. The maximum Gasteiger partial charge on any atom is 0.410 e. The summed E-state index contributed by atoms with van der Waals surface area (Å²) in [5, 5.41) is 0. The molecule has 1 aromatic carbocycles. The van der Waals surface area contributed by atoms with E-state index in [4.69, 9.17) is 4.74 Å². The van der Waals surface area contributed by atoms with Crippen LogP contribution in [0.2, 0.25) is 0 Å². The van der Waals surface area contributed by atoms with E-state index in [1.54, 1.807) is 6.07 Å². The molecule has 2 rings (SSSR count). The summed E-state index contributed by atoms with van der Waals surface area (Å²) in [7, 11) is 0. The number of esters is 1. The monoisotopic (exact) mass is 242 g/mol. The molecule has 2 nitrogen and oxygen atoms in total. The molecule has 0 atom stereocenters. The third-order valence-electron chi connectivity index (χ3n) is 2.52. The second-order valence-corrected chi connectivity index (χ2v) is 3.82. The van der Waals surface area contributed by atoms with Gasteiger partial charge in [-0.05, 0) is 30.2 Å². The third kappa shape index (κ3) is 2.49. The van der Waals surface area contributed by atoms with Gasteiger partial charge in [-0.15, -0.1) is 0 Å². The van der Waals surface area contributed by atoms with E-state index < -0.39 is 12.1 Å². The van der Waals surface area contributed by atoms with Crippen LogP contribution in [0.25, 0.3) is 5.57 Å². The Hall–Kier alpha value is -1.78. The molecular weight excluding hydrogens is 233 g/mol. The van der Waals surface area contributed by atoms with Gasteiger partial charge in [-0.1, -0.05) is 6.07 Å². The molecule has 0 aromatic heterocycles. The third-order valence-corrected chi connectivity index (χ3v) is 2.52. The predicted molar refractivity (Wildman–Crippen MR) is 55.3 cm³/mol. The lowest BCUT2D eigenvalue weighted by Crippen LogP contribution is -2.02. The fraction of sp³-hybridized carbons (Fsp3) is 0.250. The van der Waals surface area contributed by atoms with Gasteiger partial charge < -0.3 is 4.74 Å². The minimum atomic E-state index is -4.34. The first kappa shape index (κ1) is 11.7. The van der Waals surface area contributed by atoms with Crippen molar-refractivity contribution in [3.63, 3.8) is 0 Å². The number of cyclic esters (lactones) is 1. The summed E-state index contributed by atoms with van der Waals surface area (Å²) in [4.78, 5) is 11.2. The van der Waals surface area contributed by atoms with Gasteiger partial charge in [-0.3, -0.25) is 0 Å². The number of hydrogen-bond acceptors (Lipinski definition) is 2. The first-order valence-corrected chi connectivity index (χ1v) is 4.93. The second-order valence-electron chi connectivity index (χ2n) is 3.82. The lowest BCUT2D eigenvalue weighted by Gasteiger charge is -2.05. The molecule has 1 aliphatic rings. The van der Waals surface area contributed by atoms with E-state index in [2.05, 4.69) is 0 Å². The highest BCUT2D eigenvalue weighted by Gasteiger charge is 2.25. The van der Waals surface area contributed by atoms with E-state index >= 15 is 0 Å². The lowest BCUT2D eigenvalue weighted by molar-refractivity contribution is -0.0793. The molecule has 0 amide bonds. The Labute approximate surface area is 95.7 Å². The van der Waals surface area contributed by atoms with Gasteiger partial charge in [0.15, 0.2) is 0 Å². The van der Waals surface area contributed by atoms with E-state index in [9.17, 15) is 18.0 Å². The number of allylic oxidation sites excluding steroid dienone is 2. The van der Waals surface area contributed by atoms with Crippen LogP contribution in [0.4, 0.5) is 13.2 Å². The van der Waals surface area contributed by atoms with Crippen LogP contribution in [0.5, 0.6) is 0 Å². The van der Waals surface area contributed by atoms with E-state index in [1.807, 2.05) is 0 Å². The number of carbonyl (C=O) groups is 1. The van der Waals surface area contributed by atoms with Crippen molar-refractivity contribution in [2.24, 2.45) is 0 Å². The van der Waals surface area contributed by atoms with Gasteiger partial charge in [0.25, 0.3) is 0 Å². The summed E-state index contributed by atoms with van der Waals surface area (Å²) in [5.41, 5.74) is 1.61. The molecule has 0 bridgehead atoms. The van der Waals surface area contributed by atoms with Crippen molar-refractivity contribution in [1.82, 2.24) is 0 Å². The highest BCUT2D eigenvalue weighted by Crippen LogP contribution is 2.27. The Morgan fingerprint density at radius 3 is 2.76 bits per heavy atom. The van der Waals surface area contributed by atoms with Crippen molar-refractivity contribution < 1.29 is 22.7 Å². The molecule has 0 fully saturated rings. The molecule has 0 spiro atoms. The Morgan fingerprint density at radius 1 is 1.41 bits per heavy atom. The number of benzene rings is 1. The van der Waals surface area contributed by atoms with Gasteiger partial charge in [-0.2, -0.15) is 13.2 Å². The molecule has 1 heterocycles. The van der Waals surface area contributed by atoms with Crippen molar-refractivity contribution >= 4 is 11.5 Å². The van der Waals surface area contributed by atoms with Crippen LogP contribution in [0.1, 0.15) is 28.4 Å². The van der Waals surface area contributed by atoms with Crippen molar-refractivity contribution in [2.75, 3.05) is 0 Å². The highest BCUT2D eigenvalue weighted by atomic mass is 19.4. The van der Waals surface area contributed by atoms with Crippen LogP contribution < -0.4 is 0 Å². The van der Waals surface area contributed by atoms with Crippen molar-refractivity contribution in [3.05, 3.63) is 41.0 Å². The number of halogens is 3. The van der Waals surface area contributed by atoms with Crippen molar-refractivity contribution in [2.45, 2.75) is 19.7 Å². The van der Waals surface area contributed by atoms with Crippen LogP contribution >= 0.6 is 0 Å². The van der Waals surface area contributed by atoms with Gasteiger partial charge in [0.1, 0.15) is 6.61 Å². The fourth-order valence-electron chi connectivity index (χ4n) is 1.71. The van der Waals surface area contributed by atoms with Gasteiger partial charge >= 0.3 is 12.1 Å². The van der Waals surface area contributed by atoms with Crippen LogP contribution in [0.15, 0.2) is 24.3 Å². The Bertz CT molecular complexity index is 501. The molecule has 1 aliphatic heterocycles. The molecule has 90 valence electrons. The van der Waals surface area contributed by atoms with Crippen LogP contribution in [0.3, 0.4) is 0 Å². The SMILES string of the molecule is C/C(=C\C(F)(F)F)c1ccc2c(c1)COC2=O. The topological polar surface area (TPSA) is 26.3 Å². The molecular formula is C12H9F3O2. The maximum absolute atomic E-state index is 12.2. The molecule has 0 radical (unpaired) electrons. The summed E-state index contributed by atoms with van der Waals surface area (Å²) < 4.78 is 41.3. The minimum Gasteiger partial charge on any atom is -0.457 e. The normalized spacial score (nSPS) is 15.8. The van der Waals surface area contributed by atoms with Gasteiger partial charge in [0.05, 0.1) is 5.56 Å². The Kier molecular flexibility index (Phi) is 2.69. The first-order chi connectivity index (χ1) is 7.87. The second kappa shape index (κ2) is 3.91. The zero-order valence-electron chi connectivity index (χ0n) is 8.97. The van der Waals surface area contributed by atoms with Crippen LogP contribution in [-0.2, 0) is 11.3 Å². The maximum atomic E-state index is 12.2. The summed E-state index contributed by atoms with van der Waals surface area (Å²) in [6.07, 6.45) is -4.10. The van der Waals surface area contributed by atoms with Crippen LogP contribution in [0, 0.1) is 0 Å². The molecule has 0 N–H and O–H groups in total. The zero-order valence-corrected chi connectivity index (χ0v) is 8.97. The number of fused-ring (bicyclic) bond motifs is 1. The molecule has 5 heteroatoms. The summed E-state index contributed by atoms with van der Waals surface area (Å²) in [5.74, 6) is -0.427. The van der Waals surface area contributed by atoms with Crippen molar-refractivity contribution in [1.29, 1.82) is 0 Å². The first-order valence-electron chi connectivity index (χ1n) is 4.93. The van der Waals surface area contributed by atoms with E-state index in [-0.39, 0.29) is 18.3 Å². The van der Waals surface area contributed by atoms with Crippen LogP contribution in [-0.4, -0.2) is 12.1 Å². The number of carbonyl (C=O) groups excluding carboxylic acids is 1. The van der Waals surface area contributed by atoms with E-state index in [0.717, 1.165) is 0 Å². The highest BCUT2D eigenvalue weighted by molar-refractivity contribution is 5.93. The quantitative estimate of drug-likeness (QED) is 0.706. The Balaban J connectivity index is 2.36. The summed E-state index contributed by atoms with van der Waals surface area (Å²) >= 11 is 0. The number of rotatable bonds is 1. The number of hydrogen-bond donors (Lipinski definition) is 0. The smallest absolute Gasteiger partial charge is 0.410 e. The largest absolute Gasteiger partial charge is 0.457 e. The molecule has 0 saturated carbocycles. The molecule has 1 aromatic rings. The molecule has 17 heavy (non-hydrogen) atoms. The average molecular weight is 242 g/mol. The molecule has 0 aliphatic carbocycles. The predicted octanol–water partition coefficient (Wildman–Crippen LogP) is 3.32. The Morgan fingerprint density at radius 2 is 2.12 bits per heavy atom. The average Bonchev–Trinajstić information content (AvgIpc) is 2.57. The lowest BCUT2D eigenvalue weighted by atomic mass is 10.0. The van der Waals surface area contributed by atoms with E-state index in [1.165, 1.54) is 19.1 Å². The zero-order chi connectivity index (χ0) is 12.6. The van der Waals surface area contributed by atoms with Gasteiger partial charge in [0, 0.05) is 11.6 Å². The number of ether oxygens (including phenoxy) is 1. The van der Waals surface area contributed by atoms with Crippen molar-refractivity contribution in [3.8, 4) is 0 Å². The van der Waals surface area contributed by atoms with Gasteiger partial charge in [-0.25, -0.2) is 4.79 Å². The van der Waals surface area contributed by atoms with E-state index in [0.29, 0.717) is 16.7 Å². The molecule has 0 unspecified atom stereocenters. The standard InChI is InChI=1S/C12H9F3O2/c1-7(5-12(13,14)15)8-2-3-10-9(4-8)6-17-11(10)16/h2-5H,6H2,1H3/b7-5+. The van der Waals surface area contributed by atoms with Gasteiger partial charge in [0.2, 0.25) is 0 Å². The molecule has 0 saturated heterocycles. The number of alkyl halides is 3. The fourth-order valence-corrected chi connectivity index (χ4v) is 1.71. The summed E-state index contributed by atoms with van der Waals surface area (Å²) in [6.45, 7) is 1.51. The summed E-state index contributed by atoms with van der Waals surface area (Å²) in [6, 6.07) is 4.54.